The minimum absolute atomic E-state index is 0.476. The zero-order valence-corrected chi connectivity index (χ0v) is 9.75. The van der Waals surface area contributed by atoms with E-state index in [1.165, 1.54) is 0 Å². The standard InChI is InChI=1S/C10H15ClN4/c1-7-5-13-10(14-9(7)11)15(2)8-3-4-12-6-8/h5,8,12H,3-4,6H2,1-2H3/t8-/m0/s1. The van der Waals surface area contributed by atoms with Crippen LogP contribution in [0.4, 0.5) is 5.95 Å². The van der Waals surface area contributed by atoms with Crippen LogP contribution in [0.5, 0.6) is 0 Å². The molecule has 4 nitrogen and oxygen atoms in total. The van der Waals surface area contributed by atoms with E-state index in [-0.39, 0.29) is 0 Å². The molecule has 1 aromatic heterocycles. The summed E-state index contributed by atoms with van der Waals surface area (Å²) in [6.07, 6.45) is 2.90. The molecule has 0 radical (unpaired) electrons. The van der Waals surface area contributed by atoms with Crippen molar-refractivity contribution in [3.05, 3.63) is 16.9 Å². The highest BCUT2D eigenvalue weighted by molar-refractivity contribution is 6.30. The summed E-state index contributed by atoms with van der Waals surface area (Å²) >= 11 is 5.97. The van der Waals surface area contributed by atoms with Gasteiger partial charge in [-0.15, -0.1) is 0 Å². The van der Waals surface area contributed by atoms with E-state index in [1.807, 2.05) is 14.0 Å². The lowest BCUT2D eigenvalue weighted by Gasteiger charge is -2.23. The minimum atomic E-state index is 0.476. The van der Waals surface area contributed by atoms with E-state index in [2.05, 4.69) is 20.2 Å². The average molecular weight is 227 g/mol. The molecule has 1 atom stereocenters. The van der Waals surface area contributed by atoms with Gasteiger partial charge in [0.1, 0.15) is 5.15 Å². The van der Waals surface area contributed by atoms with Gasteiger partial charge in [-0.1, -0.05) is 11.6 Å². The van der Waals surface area contributed by atoms with Crippen molar-refractivity contribution in [1.82, 2.24) is 15.3 Å². The van der Waals surface area contributed by atoms with Gasteiger partial charge in [-0.3, -0.25) is 0 Å². The Morgan fingerprint density at radius 3 is 3.00 bits per heavy atom. The van der Waals surface area contributed by atoms with Crippen molar-refractivity contribution in [1.29, 1.82) is 0 Å². The molecule has 0 spiro atoms. The summed E-state index contributed by atoms with van der Waals surface area (Å²) in [6, 6.07) is 0.476. The number of aryl methyl sites for hydroxylation is 1. The third kappa shape index (κ3) is 2.21. The van der Waals surface area contributed by atoms with E-state index in [0.717, 1.165) is 25.1 Å². The van der Waals surface area contributed by atoms with Crippen molar-refractivity contribution in [3.63, 3.8) is 0 Å². The predicted molar refractivity (Wildman–Crippen MR) is 61.5 cm³/mol. The van der Waals surface area contributed by atoms with Crippen LogP contribution in [0.3, 0.4) is 0 Å². The molecule has 2 rings (SSSR count). The molecule has 15 heavy (non-hydrogen) atoms. The Kier molecular flexibility index (Phi) is 3.07. The van der Waals surface area contributed by atoms with Gasteiger partial charge in [-0.2, -0.15) is 0 Å². The van der Waals surface area contributed by atoms with Gasteiger partial charge in [0.15, 0.2) is 0 Å². The van der Waals surface area contributed by atoms with Gasteiger partial charge in [-0.05, 0) is 19.9 Å². The minimum Gasteiger partial charge on any atom is -0.340 e. The molecule has 0 unspecified atom stereocenters. The van der Waals surface area contributed by atoms with Crippen LogP contribution in [0.1, 0.15) is 12.0 Å². The number of aromatic nitrogens is 2. The molecule has 0 bridgehead atoms. The molecule has 1 fully saturated rings. The molecule has 1 saturated heterocycles. The van der Waals surface area contributed by atoms with Gasteiger partial charge in [-0.25, -0.2) is 9.97 Å². The molecule has 82 valence electrons. The van der Waals surface area contributed by atoms with Crippen molar-refractivity contribution in [3.8, 4) is 0 Å². The van der Waals surface area contributed by atoms with Crippen LogP contribution in [-0.2, 0) is 0 Å². The molecule has 0 saturated carbocycles. The molecule has 0 aromatic carbocycles. The smallest absolute Gasteiger partial charge is 0.226 e. The fraction of sp³-hybridized carbons (Fsp3) is 0.600. The van der Waals surface area contributed by atoms with E-state index < -0.39 is 0 Å². The van der Waals surface area contributed by atoms with E-state index >= 15 is 0 Å². The third-order valence-electron chi connectivity index (χ3n) is 2.79. The fourth-order valence-corrected chi connectivity index (χ4v) is 1.84. The van der Waals surface area contributed by atoms with Gasteiger partial charge in [0.05, 0.1) is 0 Å². The second-order valence-electron chi connectivity index (χ2n) is 3.90. The quantitative estimate of drug-likeness (QED) is 0.771. The van der Waals surface area contributed by atoms with Crippen LogP contribution >= 0.6 is 11.6 Å². The van der Waals surface area contributed by atoms with E-state index in [4.69, 9.17) is 11.6 Å². The van der Waals surface area contributed by atoms with Crippen LogP contribution in [0, 0.1) is 6.92 Å². The number of likely N-dealkylation sites (N-methyl/N-ethyl adjacent to an activating group) is 1. The van der Waals surface area contributed by atoms with Gasteiger partial charge >= 0.3 is 0 Å². The van der Waals surface area contributed by atoms with Crippen molar-refractivity contribution in [2.75, 3.05) is 25.0 Å². The highest BCUT2D eigenvalue weighted by Gasteiger charge is 2.21. The maximum atomic E-state index is 5.97. The van der Waals surface area contributed by atoms with Crippen molar-refractivity contribution < 1.29 is 0 Å². The summed E-state index contributed by atoms with van der Waals surface area (Å²) < 4.78 is 0. The Labute approximate surface area is 94.7 Å². The fourth-order valence-electron chi connectivity index (χ4n) is 1.72. The summed E-state index contributed by atoms with van der Waals surface area (Å²) in [5, 5.41) is 3.86. The normalized spacial score (nSPS) is 20.6. The average Bonchev–Trinajstić information content (AvgIpc) is 2.74. The lowest BCUT2D eigenvalue weighted by molar-refractivity contribution is 0.668. The Balaban J connectivity index is 2.17. The molecule has 1 aromatic rings. The number of rotatable bonds is 2. The molecule has 1 aliphatic heterocycles. The summed E-state index contributed by atoms with van der Waals surface area (Å²) in [4.78, 5) is 10.6. The Morgan fingerprint density at radius 1 is 1.60 bits per heavy atom. The summed E-state index contributed by atoms with van der Waals surface area (Å²) in [6.45, 7) is 3.96. The summed E-state index contributed by atoms with van der Waals surface area (Å²) in [5.74, 6) is 0.708. The molecule has 0 amide bonds. The van der Waals surface area contributed by atoms with Crippen molar-refractivity contribution >= 4 is 17.5 Å². The highest BCUT2D eigenvalue weighted by atomic mass is 35.5. The first-order valence-corrected chi connectivity index (χ1v) is 5.49. The Morgan fingerprint density at radius 2 is 2.40 bits per heavy atom. The molecule has 2 heterocycles. The SMILES string of the molecule is Cc1cnc(N(C)[C@H]2CCNC2)nc1Cl. The number of nitrogens with one attached hydrogen (secondary N) is 1. The largest absolute Gasteiger partial charge is 0.340 e. The first-order valence-electron chi connectivity index (χ1n) is 5.11. The first kappa shape index (κ1) is 10.6. The zero-order chi connectivity index (χ0) is 10.8. The van der Waals surface area contributed by atoms with Crippen LogP contribution in [0.25, 0.3) is 0 Å². The van der Waals surface area contributed by atoms with Gasteiger partial charge < -0.3 is 10.2 Å². The number of nitrogens with zero attached hydrogens (tertiary/aromatic N) is 3. The number of hydrogen-bond acceptors (Lipinski definition) is 4. The third-order valence-corrected chi connectivity index (χ3v) is 3.18. The maximum absolute atomic E-state index is 5.97. The van der Waals surface area contributed by atoms with Crippen molar-refractivity contribution in [2.45, 2.75) is 19.4 Å². The predicted octanol–water partition coefficient (Wildman–Crippen LogP) is 1.24. The van der Waals surface area contributed by atoms with E-state index in [0.29, 0.717) is 17.1 Å². The maximum Gasteiger partial charge on any atom is 0.226 e. The first-order chi connectivity index (χ1) is 7.18. The molecule has 1 aliphatic rings. The Bertz CT molecular complexity index is 349. The second kappa shape index (κ2) is 4.33. The summed E-state index contributed by atoms with van der Waals surface area (Å²) in [5.41, 5.74) is 0.915. The molecule has 0 aliphatic carbocycles. The topological polar surface area (TPSA) is 41.1 Å². The number of halogens is 1. The van der Waals surface area contributed by atoms with Crippen LogP contribution < -0.4 is 10.2 Å². The van der Waals surface area contributed by atoms with E-state index in [1.54, 1.807) is 6.20 Å². The zero-order valence-electron chi connectivity index (χ0n) is 9.00. The van der Waals surface area contributed by atoms with Gasteiger partial charge in [0.25, 0.3) is 0 Å². The summed E-state index contributed by atoms with van der Waals surface area (Å²) in [7, 11) is 2.01. The van der Waals surface area contributed by atoms with Crippen molar-refractivity contribution in [2.24, 2.45) is 0 Å². The molecular weight excluding hydrogens is 212 g/mol. The van der Waals surface area contributed by atoms with E-state index in [9.17, 15) is 0 Å². The van der Waals surface area contributed by atoms with Crippen LogP contribution in [0.2, 0.25) is 5.15 Å². The van der Waals surface area contributed by atoms with Gasteiger partial charge in [0.2, 0.25) is 5.95 Å². The molecule has 5 heteroatoms. The molecular formula is C10H15ClN4. The lowest BCUT2D eigenvalue weighted by atomic mass is 10.2. The number of anilines is 1. The highest BCUT2D eigenvalue weighted by Crippen LogP contribution is 2.17. The second-order valence-corrected chi connectivity index (χ2v) is 4.26. The monoisotopic (exact) mass is 226 g/mol. The number of hydrogen-bond donors (Lipinski definition) is 1. The lowest BCUT2D eigenvalue weighted by Crippen LogP contribution is -2.34. The van der Waals surface area contributed by atoms with Crippen LogP contribution in [-0.4, -0.2) is 36.1 Å². The molecule has 1 N–H and O–H groups in total. The Hall–Kier alpha value is -0.870. The van der Waals surface area contributed by atoms with Gasteiger partial charge in [0, 0.05) is 31.4 Å². The van der Waals surface area contributed by atoms with Crippen LogP contribution in [0.15, 0.2) is 6.20 Å².